The van der Waals surface area contributed by atoms with Crippen molar-refractivity contribution in [3.8, 4) is 11.3 Å². The molecule has 3 aromatic rings. The normalized spacial score (nSPS) is 16.2. The number of nitrogens with zero attached hydrogens (tertiary/aromatic N) is 5. The van der Waals surface area contributed by atoms with E-state index < -0.39 is 0 Å². The molecular weight excluding hydrogens is 340 g/mol. The third kappa shape index (κ3) is 3.64. The first-order chi connectivity index (χ1) is 13.3. The van der Waals surface area contributed by atoms with Crippen LogP contribution in [0.4, 0.5) is 11.5 Å². The van der Waals surface area contributed by atoms with Crippen molar-refractivity contribution in [2.75, 3.05) is 29.9 Å². The number of benzene rings is 1. The maximum Gasteiger partial charge on any atom is 0.126 e. The molecule has 0 amide bonds. The highest BCUT2D eigenvalue weighted by Crippen LogP contribution is 2.37. The SMILES string of the molecule is CCN1CCC(Nc2ccccn2)c2cc(-c3cn(CCO)nn3)ccc21. The Balaban J connectivity index is 1.68. The van der Waals surface area contributed by atoms with Gasteiger partial charge in [0.25, 0.3) is 0 Å². The molecule has 0 aliphatic carbocycles. The lowest BCUT2D eigenvalue weighted by Crippen LogP contribution is -2.33. The molecule has 4 rings (SSSR count). The molecule has 7 nitrogen and oxygen atoms in total. The van der Waals surface area contributed by atoms with Crippen LogP contribution in [0.5, 0.6) is 0 Å². The highest BCUT2D eigenvalue weighted by Gasteiger charge is 2.25. The van der Waals surface area contributed by atoms with Gasteiger partial charge in [0.15, 0.2) is 0 Å². The van der Waals surface area contributed by atoms with Crippen LogP contribution in [0.1, 0.15) is 24.9 Å². The van der Waals surface area contributed by atoms with E-state index in [9.17, 15) is 0 Å². The second-order valence-corrected chi connectivity index (χ2v) is 6.64. The van der Waals surface area contributed by atoms with Gasteiger partial charge in [0.2, 0.25) is 0 Å². The fourth-order valence-electron chi connectivity index (χ4n) is 3.59. The minimum absolute atomic E-state index is 0.0501. The molecule has 27 heavy (non-hydrogen) atoms. The van der Waals surface area contributed by atoms with Gasteiger partial charge in [0.05, 0.1) is 25.4 Å². The van der Waals surface area contributed by atoms with Gasteiger partial charge in [-0.15, -0.1) is 5.10 Å². The summed E-state index contributed by atoms with van der Waals surface area (Å²) in [6.07, 6.45) is 4.69. The highest BCUT2D eigenvalue weighted by atomic mass is 16.3. The fraction of sp³-hybridized carbons (Fsp3) is 0.350. The predicted octanol–water partition coefficient (Wildman–Crippen LogP) is 2.72. The van der Waals surface area contributed by atoms with Crippen molar-refractivity contribution in [1.82, 2.24) is 20.0 Å². The molecule has 2 N–H and O–H groups in total. The predicted molar refractivity (Wildman–Crippen MR) is 106 cm³/mol. The van der Waals surface area contributed by atoms with Gasteiger partial charge >= 0.3 is 0 Å². The summed E-state index contributed by atoms with van der Waals surface area (Å²) >= 11 is 0. The molecule has 140 valence electrons. The van der Waals surface area contributed by atoms with Crippen molar-refractivity contribution < 1.29 is 5.11 Å². The molecule has 1 unspecified atom stereocenters. The highest BCUT2D eigenvalue weighted by molar-refractivity contribution is 5.68. The Morgan fingerprint density at radius 1 is 1.26 bits per heavy atom. The fourth-order valence-corrected chi connectivity index (χ4v) is 3.59. The van der Waals surface area contributed by atoms with E-state index in [1.807, 2.05) is 24.4 Å². The van der Waals surface area contributed by atoms with Gasteiger partial charge in [-0.05, 0) is 43.2 Å². The number of aromatic nitrogens is 4. The van der Waals surface area contributed by atoms with E-state index in [0.29, 0.717) is 6.54 Å². The number of anilines is 2. The van der Waals surface area contributed by atoms with E-state index in [2.05, 4.69) is 50.6 Å². The first kappa shape index (κ1) is 17.5. The van der Waals surface area contributed by atoms with Crippen molar-refractivity contribution >= 4 is 11.5 Å². The van der Waals surface area contributed by atoms with E-state index in [4.69, 9.17) is 5.11 Å². The average molecular weight is 364 g/mol. The summed E-state index contributed by atoms with van der Waals surface area (Å²) in [6, 6.07) is 12.6. The smallest absolute Gasteiger partial charge is 0.126 e. The van der Waals surface area contributed by atoms with Crippen LogP contribution in [0.3, 0.4) is 0 Å². The van der Waals surface area contributed by atoms with E-state index in [1.165, 1.54) is 11.3 Å². The molecule has 0 fully saturated rings. The lowest BCUT2D eigenvalue weighted by Gasteiger charge is -2.36. The molecule has 7 heteroatoms. The lowest BCUT2D eigenvalue weighted by molar-refractivity contribution is 0.268. The van der Waals surface area contributed by atoms with Gasteiger partial charge < -0.3 is 15.3 Å². The quantitative estimate of drug-likeness (QED) is 0.700. The van der Waals surface area contributed by atoms with E-state index in [0.717, 1.165) is 36.6 Å². The molecule has 3 heterocycles. The number of rotatable bonds is 6. The molecule has 2 aromatic heterocycles. The molecule has 0 radical (unpaired) electrons. The van der Waals surface area contributed by atoms with Crippen LogP contribution in [-0.2, 0) is 6.54 Å². The standard InChI is InChI=1S/C20H24N6O/c1-2-25-10-8-17(22-20-5-3-4-9-21-20)16-13-15(6-7-19(16)25)18-14-26(11-12-27)24-23-18/h3-7,9,13-14,17,27H,2,8,10-12H2,1H3,(H,21,22). The minimum Gasteiger partial charge on any atom is -0.394 e. The molecule has 0 saturated heterocycles. The molecule has 1 atom stereocenters. The minimum atomic E-state index is 0.0501. The van der Waals surface area contributed by atoms with Crippen LogP contribution in [-0.4, -0.2) is 44.8 Å². The van der Waals surface area contributed by atoms with Gasteiger partial charge in [0.1, 0.15) is 11.5 Å². The Labute approximate surface area is 158 Å². The van der Waals surface area contributed by atoms with Crippen molar-refractivity contribution in [3.63, 3.8) is 0 Å². The average Bonchev–Trinajstić information content (AvgIpc) is 3.18. The van der Waals surface area contributed by atoms with Crippen LogP contribution in [0, 0.1) is 0 Å². The summed E-state index contributed by atoms with van der Waals surface area (Å²) in [5, 5.41) is 21.0. The molecule has 0 spiro atoms. The molecule has 1 aromatic carbocycles. The number of aliphatic hydroxyl groups is 1. The Bertz CT molecular complexity index is 894. The van der Waals surface area contributed by atoms with Gasteiger partial charge in [0, 0.05) is 30.5 Å². The van der Waals surface area contributed by atoms with Crippen LogP contribution in [0.15, 0.2) is 48.8 Å². The van der Waals surface area contributed by atoms with Crippen LogP contribution in [0.2, 0.25) is 0 Å². The Kier molecular flexibility index (Phi) is 5.02. The third-order valence-electron chi connectivity index (χ3n) is 4.96. The number of pyridine rings is 1. The Morgan fingerprint density at radius 2 is 2.19 bits per heavy atom. The Morgan fingerprint density at radius 3 is 2.96 bits per heavy atom. The zero-order valence-electron chi connectivity index (χ0n) is 15.4. The lowest BCUT2D eigenvalue weighted by atomic mass is 9.93. The van der Waals surface area contributed by atoms with Gasteiger partial charge in [-0.1, -0.05) is 17.3 Å². The summed E-state index contributed by atoms with van der Waals surface area (Å²) in [4.78, 5) is 6.82. The molecule has 0 bridgehead atoms. The number of nitrogens with one attached hydrogen (secondary N) is 1. The van der Waals surface area contributed by atoms with Crippen LogP contribution < -0.4 is 10.2 Å². The van der Waals surface area contributed by atoms with Crippen molar-refractivity contribution in [2.24, 2.45) is 0 Å². The van der Waals surface area contributed by atoms with Crippen LogP contribution in [0.25, 0.3) is 11.3 Å². The zero-order chi connectivity index (χ0) is 18.6. The topological polar surface area (TPSA) is 79.1 Å². The van der Waals surface area contributed by atoms with E-state index in [1.54, 1.807) is 10.9 Å². The van der Waals surface area contributed by atoms with Crippen molar-refractivity contribution in [2.45, 2.75) is 25.9 Å². The number of hydrogen-bond acceptors (Lipinski definition) is 6. The zero-order valence-corrected chi connectivity index (χ0v) is 15.4. The summed E-state index contributed by atoms with van der Waals surface area (Å²) in [6.45, 7) is 4.68. The summed E-state index contributed by atoms with van der Waals surface area (Å²) in [5.41, 5.74) is 4.35. The van der Waals surface area contributed by atoms with Gasteiger partial charge in [-0.2, -0.15) is 0 Å². The first-order valence-electron chi connectivity index (χ1n) is 9.36. The molecule has 0 saturated carbocycles. The molecular formula is C20H24N6O. The van der Waals surface area contributed by atoms with Crippen molar-refractivity contribution in [1.29, 1.82) is 0 Å². The summed E-state index contributed by atoms with van der Waals surface area (Å²) in [5.74, 6) is 0.887. The number of aliphatic hydroxyl groups excluding tert-OH is 1. The molecule has 1 aliphatic heterocycles. The van der Waals surface area contributed by atoms with Crippen molar-refractivity contribution in [3.05, 3.63) is 54.4 Å². The summed E-state index contributed by atoms with van der Waals surface area (Å²) in [7, 11) is 0. The van der Waals surface area contributed by atoms with E-state index in [-0.39, 0.29) is 12.6 Å². The number of fused-ring (bicyclic) bond motifs is 1. The third-order valence-corrected chi connectivity index (χ3v) is 4.96. The second kappa shape index (κ2) is 7.75. The monoisotopic (exact) mass is 364 g/mol. The molecule has 1 aliphatic rings. The van der Waals surface area contributed by atoms with Gasteiger partial charge in [-0.3, -0.25) is 0 Å². The maximum atomic E-state index is 9.08. The maximum absolute atomic E-state index is 9.08. The second-order valence-electron chi connectivity index (χ2n) is 6.64. The largest absolute Gasteiger partial charge is 0.394 e. The summed E-state index contributed by atoms with van der Waals surface area (Å²) < 4.78 is 1.66. The van der Waals surface area contributed by atoms with Crippen LogP contribution >= 0.6 is 0 Å². The van der Waals surface area contributed by atoms with E-state index >= 15 is 0 Å². The van der Waals surface area contributed by atoms with Gasteiger partial charge in [-0.25, -0.2) is 9.67 Å². The Hall–Kier alpha value is -2.93. The number of hydrogen-bond donors (Lipinski definition) is 2. The first-order valence-corrected chi connectivity index (χ1v) is 9.36.